The van der Waals surface area contributed by atoms with Gasteiger partial charge in [-0.15, -0.1) is 0 Å². The van der Waals surface area contributed by atoms with Crippen molar-refractivity contribution in [3.63, 3.8) is 0 Å². The first-order chi connectivity index (χ1) is 12.9. The number of rotatable bonds is 8. The van der Waals surface area contributed by atoms with Crippen molar-refractivity contribution in [2.24, 2.45) is 0 Å². The van der Waals surface area contributed by atoms with Crippen molar-refractivity contribution in [1.82, 2.24) is 0 Å². The predicted octanol–water partition coefficient (Wildman–Crippen LogP) is 3.12. The third-order valence-corrected chi connectivity index (χ3v) is 3.42. The van der Waals surface area contributed by atoms with Gasteiger partial charge in [0.25, 0.3) is 5.91 Å². The van der Waals surface area contributed by atoms with Gasteiger partial charge >= 0.3 is 5.97 Å². The molecule has 0 atom stereocenters. The maximum atomic E-state index is 13.4. The van der Waals surface area contributed by atoms with Crippen LogP contribution >= 0.6 is 0 Å². The second kappa shape index (κ2) is 9.42. The first-order valence-corrected chi connectivity index (χ1v) is 8.05. The average Bonchev–Trinajstić information content (AvgIpc) is 2.66. The number of halogens is 2. The van der Waals surface area contributed by atoms with Crippen molar-refractivity contribution in [3.05, 3.63) is 59.7 Å². The maximum absolute atomic E-state index is 13.4. The highest BCUT2D eigenvalue weighted by Gasteiger charge is 2.12. The summed E-state index contributed by atoms with van der Waals surface area (Å²) >= 11 is 0. The predicted molar refractivity (Wildman–Crippen MR) is 92.5 cm³/mol. The summed E-state index contributed by atoms with van der Waals surface area (Å²) in [6, 6.07) is 8.90. The number of hydrogen-bond donors (Lipinski definition) is 1. The Bertz CT molecular complexity index is 836. The van der Waals surface area contributed by atoms with Gasteiger partial charge in [-0.1, -0.05) is 6.92 Å². The maximum Gasteiger partial charge on any atom is 0.344 e. The van der Waals surface area contributed by atoms with Crippen LogP contribution in [-0.4, -0.2) is 30.9 Å². The molecule has 0 aliphatic rings. The Morgan fingerprint density at radius 1 is 1.00 bits per heavy atom. The summed E-state index contributed by atoms with van der Waals surface area (Å²) in [4.78, 5) is 34.8. The monoisotopic (exact) mass is 377 g/mol. The Kier molecular flexibility index (Phi) is 6.99. The number of ether oxygens (including phenoxy) is 2. The molecule has 6 nitrogen and oxygen atoms in total. The van der Waals surface area contributed by atoms with Gasteiger partial charge in [-0.2, -0.15) is 0 Å². The number of carbonyl (C=O) groups excluding carboxylic acids is 3. The lowest BCUT2D eigenvalue weighted by Gasteiger charge is -2.09. The number of nitrogens with one attached hydrogen (secondary N) is 1. The molecule has 1 amide bonds. The van der Waals surface area contributed by atoms with Gasteiger partial charge in [0.05, 0.1) is 5.69 Å². The molecule has 0 radical (unpaired) electrons. The summed E-state index contributed by atoms with van der Waals surface area (Å²) < 4.78 is 36.1. The van der Waals surface area contributed by atoms with Crippen LogP contribution in [0.4, 0.5) is 14.5 Å². The van der Waals surface area contributed by atoms with Gasteiger partial charge in [0, 0.05) is 18.1 Å². The summed E-state index contributed by atoms with van der Waals surface area (Å²) in [5.74, 6) is -2.96. The molecule has 8 heteroatoms. The number of esters is 1. The summed E-state index contributed by atoms with van der Waals surface area (Å²) in [6.45, 7) is 0.658. The normalized spacial score (nSPS) is 10.2. The summed E-state index contributed by atoms with van der Waals surface area (Å²) in [7, 11) is 0. The highest BCUT2D eigenvalue weighted by Crippen LogP contribution is 2.15. The Morgan fingerprint density at radius 2 is 1.70 bits per heavy atom. The molecular formula is C19H17F2NO5. The van der Waals surface area contributed by atoms with Crippen LogP contribution in [0.15, 0.2) is 42.5 Å². The van der Waals surface area contributed by atoms with E-state index in [4.69, 9.17) is 9.47 Å². The van der Waals surface area contributed by atoms with Crippen LogP contribution < -0.4 is 10.1 Å². The fourth-order valence-electron chi connectivity index (χ4n) is 2.05. The van der Waals surface area contributed by atoms with E-state index in [9.17, 15) is 23.2 Å². The molecular weight excluding hydrogens is 360 g/mol. The Labute approximate surface area is 154 Å². The molecule has 0 bridgehead atoms. The molecule has 0 saturated carbocycles. The van der Waals surface area contributed by atoms with E-state index in [-0.39, 0.29) is 11.5 Å². The van der Waals surface area contributed by atoms with Gasteiger partial charge in [-0.3, -0.25) is 9.59 Å². The first-order valence-electron chi connectivity index (χ1n) is 8.05. The summed E-state index contributed by atoms with van der Waals surface area (Å²) in [5.41, 5.74) is 0.313. The van der Waals surface area contributed by atoms with Crippen LogP contribution in [0.1, 0.15) is 23.7 Å². The van der Waals surface area contributed by atoms with Crippen LogP contribution in [-0.2, 0) is 14.3 Å². The van der Waals surface area contributed by atoms with Crippen LogP contribution in [0.25, 0.3) is 0 Å². The quantitative estimate of drug-likeness (QED) is 0.565. The fourth-order valence-corrected chi connectivity index (χ4v) is 2.05. The molecule has 2 aromatic rings. The number of Topliss-reactive ketones (excluding diaryl/α,β-unsaturated/α-hetero) is 1. The Morgan fingerprint density at radius 3 is 2.33 bits per heavy atom. The topological polar surface area (TPSA) is 81.7 Å². The lowest BCUT2D eigenvalue weighted by atomic mass is 10.1. The molecule has 1 N–H and O–H groups in total. The molecule has 0 heterocycles. The number of hydrogen-bond acceptors (Lipinski definition) is 5. The van der Waals surface area contributed by atoms with Crippen molar-refractivity contribution in [2.75, 3.05) is 18.5 Å². The van der Waals surface area contributed by atoms with E-state index in [1.54, 1.807) is 31.2 Å². The molecule has 27 heavy (non-hydrogen) atoms. The molecule has 2 rings (SSSR count). The zero-order chi connectivity index (χ0) is 19.8. The van der Waals surface area contributed by atoms with Crippen molar-refractivity contribution < 1.29 is 32.6 Å². The highest BCUT2D eigenvalue weighted by molar-refractivity contribution is 5.96. The lowest BCUT2D eigenvalue weighted by molar-refractivity contribution is -0.149. The zero-order valence-electron chi connectivity index (χ0n) is 14.5. The molecule has 0 aliphatic carbocycles. The van der Waals surface area contributed by atoms with Gasteiger partial charge in [-0.05, 0) is 36.4 Å². The van der Waals surface area contributed by atoms with E-state index in [2.05, 4.69) is 5.32 Å². The largest absolute Gasteiger partial charge is 0.482 e. The van der Waals surface area contributed by atoms with Gasteiger partial charge in [-0.25, -0.2) is 13.6 Å². The minimum absolute atomic E-state index is 0.00966. The number of anilines is 1. The Balaban J connectivity index is 1.75. The van der Waals surface area contributed by atoms with Gasteiger partial charge in [0.15, 0.2) is 19.0 Å². The third-order valence-electron chi connectivity index (χ3n) is 3.42. The molecule has 0 aromatic heterocycles. The first kappa shape index (κ1) is 20.0. The number of ketones is 1. The van der Waals surface area contributed by atoms with Crippen LogP contribution in [0, 0.1) is 11.6 Å². The Hall–Kier alpha value is -3.29. The van der Waals surface area contributed by atoms with Crippen molar-refractivity contribution in [3.8, 4) is 5.75 Å². The van der Waals surface area contributed by atoms with Gasteiger partial charge in [0.1, 0.15) is 17.4 Å². The average molecular weight is 377 g/mol. The lowest BCUT2D eigenvalue weighted by Crippen LogP contribution is -2.24. The minimum Gasteiger partial charge on any atom is -0.482 e. The summed E-state index contributed by atoms with van der Waals surface area (Å²) in [6.07, 6.45) is 0.385. The van der Waals surface area contributed by atoms with E-state index in [0.29, 0.717) is 23.8 Å². The third kappa shape index (κ3) is 6.18. The standard InChI is InChI=1S/C19H17F2NO5/c1-2-17(23)12-3-6-14(7-4-12)26-11-19(25)27-10-18(24)22-16-8-5-13(20)9-15(16)21/h3-9H,2,10-11H2,1H3,(H,22,24). The second-order valence-corrected chi connectivity index (χ2v) is 5.42. The van der Waals surface area contributed by atoms with Gasteiger partial charge in [0.2, 0.25) is 0 Å². The highest BCUT2D eigenvalue weighted by atomic mass is 19.1. The number of amides is 1. The molecule has 142 valence electrons. The summed E-state index contributed by atoms with van der Waals surface area (Å²) in [5, 5.41) is 2.16. The minimum atomic E-state index is -0.942. The van der Waals surface area contributed by atoms with E-state index in [1.165, 1.54) is 0 Å². The van der Waals surface area contributed by atoms with E-state index >= 15 is 0 Å². The number of carbonyl (C=O) groups is 3. The van der Waals surface area contributed by atoms with E-state index in [1.807, 2.05) is 0 Å². The molecule has 0 aliphatic heterocycles. The zero-order valence-corrected chi connectivity index (χ0v) is 14.5. The molecule has 0 saturated heterocycles. The SMILES string of the molecule is CCC(=O)c1ccc(OCC(=O)OCC(=O)Nc2ccc(F)cc2F)cc1. The van der Waals surface area contributed by atoms with Crippen LogP contribution in [0.2, 0.25) is 0 Å². The van der Waals surface area contributed by atoms with Crippen LogP contribution in [0.3, 0.4) is 0 Å². The van der Waals surface area contributed by atoms with E-state index < -0.39 is 36.7 Å². The van der Waals surface area contributed by atoms with Crippen molar-refractivity contribution >= 4 is 23.3 Å². The molecule has 0 fully saturated rings. The smallest absolute Gasteiger partial charge is 0.344 e. The fraction of sp³-hybridized carbons (Fsp3) is 0.211. The molecule has 0 unspecified atom stereocenters. The van der Waals surface area contributed by atoms with E-state index in [0.717, 1.165) is 12.1 Å². The van der Waals surface area contributed by atoms with Crippen LogP contribution in [0.5, 0.6) is 5.75 Å². The molecule has 0 spiro atoms. The number of benzene rings is 2. The van der Waals surface area contributed by atoms with Crippen molar-refractivity contribution in [1.29, 1.82) is 0 Å². The molecule has 2 aromatic carbocycles. The second-order valence-electron chi connectivity index (χ2n) is 5.42. The van der Waals surface area contributed by atoms with Crippen molar-refractivity contribution in [2.45, 2.75) is 13.3 Å². The van der Waals surface area contributed by atoms with Gasteiger partial charge < -0.3 is 14.8 Å².